The Labute approximate surface area is 86.5 Å². The number of hydrogen-bond donors (Lipinski definition) is 2. The number of amides is 2. The van der Waals surface area contributed by atoms with Crippen molar-refractivity contribution in [2.24, 2.45) is 10.7 Å². The minimum atomic E-state index is -1.16. The van der Waals surface area contributed by atoms with Gasteiger partial charge in [0.2, 0.25) is 12.0 Å². The lowest BCUT2D eigenvalue weighted by atomic mass is 10.0. The fraction of sp³-hybridized carbons (Fsp3) is 0.444. The van der Waals surface area contributed by atoms with Crippen LogP contribution in [0.4, 0.5) is 0 Å². The van der Waals surface area contributed by atoms with Crippen LogP contribution >= 0.6 is 0 Å². The minimum absolute atomic E-state index is 0.186. The van der Waals surface area contributed by atoms with Gasteiger partial charge in [-0.2, -0.15) is 0 Å². The molecule has 6 heteroatoms. The van der Waals surface area contributed by atoms with Gasteiger partial charge >= 0.3 is 0 Å². The summed E-state index contributed by atoms with van der Waals surface area (Å²) in [6.07, 6.45) is -0.464. The average Bonchev–Trinajstić information content (AvgIpc) is 2.15. The second-order valence-electron chi connectivity index (χ2n) is 2.99. The van der Waals surface area contributed by atoms with Crippen molar-refractivity contribution in [1.29, 1.82) is 0 Å². The molecule has 0 spiro atoms. The molecule has 0 saturated heterocycles. The van der Waals surface area contributed by atoms with Crippen molar-refractivity contribution in [1.82, 2.24) is 0 Å². The molecule has 0 aromatic rings. The van der Waals surface area contributed by atoms with Crippen LogP contribution in [0.25, 0.3) is 0 Å². The molecule has 0 saturated carbocycles. The predicted octanol–water partition coefficient (Wildman–Crippen LogP) is -0.579. The molecule has 1 unspecified atom stereocenters. The Morgan fingerprint density at radius 3 is 2.40 bits per heavy atom. The van der Waals surface area contributed by atoms with Gasteiger partial charge in [0.25, 0.3) is 5.91 Å². The van der Waals surface area contributed by atoms with Crippen molar-refractivity contribution < 1.29 is 19.5 Å². The Bertz CT molecular complexity index is 353. The zero-order valence-electron chi connectivity index (χ0n) is 8.48. The highest BCUT2D eigenvalue weighted by atomic mass is 16.3. The van der Waals surface area contributed by atoms with Crippen LogP contribution in [0.1, 0.15) is 20.3 Å². The molecule has 3 N–H and O–H groups in total. The van der Waals surface area contributed by atoms with Crippen LogP contribution in [-0.2, 0) is 14.4 Å². The molecule has 0 rings (SSSR count). The fourth-order valence-electron chi connectivity index (χ4n) is 0.859. The van der Waals surface area contributed by atoms with Crippen molar-refractivity contribution in [2.75, 3.05) is 0 Å². The number of carbonyl (C=O) groups excluding carboxylic acids is 3. The number of nitrogens with zero attached hydrogens (tertiary/aromatic N) is 1. The quantitative estimate of drug-likeness (QED) is 0.369. The maximum Gasteiger partial charge on any atom is 0.259 e. The third-order valence-electron chi connectivity index (χ3n) is 2.00. The molecule has 0 aliphatic rings. The number of aliphatic imine (C=N–C) groups is 1. The Hall–Kier alpha value is -1.78. The molecule has 0 heterocycles. The van der Waals surface area contributed by atoms with E-state index >= 15 is 0 Å². The first kappa shape index (κ1) is 13.2. The van der Waals surface area contributed by atoms with Crippen molar-refractivity contribution >= 4 is 17.9 Å². The molecule has 0 aliphatic carbocycles. The first-order valence-corrected chi connectivity index (χ1v) is 4.16. The Kier molecular flexibility index (Phi) is 5.15. The van der Waals surface area contributed by atoms with Gasteiger partial charge in [0.1, 0.15) is 0 Å². The van der Waals surface area contributed by atoms with Crippen LogP contribution in [-0.4, -0.2) is 29.1 Å². The summed E-state index contributed by atoms with van der Waals surface area (Å²) in [5.74, 6) is -1.47. The highest BCUT2D eigenvalue weighted by molar-refractivity contribution is 5.92. The molecular formula is C9H12N2O4. The van der Waals surface area contributed by atoms with E-state index in [0.717, 1.165) is 6.08 Å². The summed E-state index contributed by atoms with van der Waals surface area (Å²) in [5, 5.41) is 9.46. The second-order valence-corrected chi connectivity index (χ2v) is 2.99. The van der Waals surface area contributed by atoms with Crippen molar-refractivity contribution in [3.8, 4) is 0 Å². The van der Waals surface area contributed by atoms with Crippen LogP contribution in [0.15, 0.2) is 16.1 Å². The summed E-state index contributed by atoms with van der Waals surface area (Å²) in [6.45, 7) is 2.91. The molecule has 0 aromatic carbocycles. The molecule has 0 aliphatic heterocycles. The molecule has 6 nitrogen and oxygen atoms in total. The van der Waals surface area contributed by atoms with Crippen LogP contribution < -0.4 is 5.73 Å². The monoisotopic (exact) mass is 212 g/mol. The summed E-state index contributed by atoms with van der Waals surface area (Å²) in [5.41, 5.74) is 5.46. The molecule has 0 fully saturated rings. The Morgan fingerprint density at radius 1 is 1.47 bits per heavy atom. The van der Waals surface area contributed by atoms with Crippen molar-refractivity contribution in [3.05, 3.63) is 11.1 Å². The van der Waals surface area contributed by atoms with E-state index in [1.165, 1.54) is 13.8 Å². The smallest absolute Gasteiger partial charge is 0.259 e. The lowest BCUT2D eigenvalue weighted by molar-refractivity contribution is -0.119. The number of aliphatic hydroxyl groups is 1. The average molecular weight is 212 g/mol. The first-order chi connectivity index (χ1) is 6.90. The van der Waals surface area contributed by atoms with E-state index in [0.29, 0.717) is 0 Å². The highest BCUT2D eigenvalue weighted by Gasteiger charge is 2.15. The number of primary amides is 1. The van der Waals surface area contributed by atoms with Gasteiger partial charge in [0, 0.05) is 5.57 Å². The molecule has 0 radical (unpaired) electrons. The number of hydrogen-bond acceptors (Lipinski definition) is 4. The van der Waals surface area contributed by atoms with Crippen LogP contribution in [0.5, 0.6) is 0 Å². The SMILES string of the molecule is C/C(C(N)=O)=C(/C)C(O)CC(=O)N=C=O. The van der Waals surface area contributed by atoms with E-state index in [4.69, 9.17) is 5.73 Å². The molecule has 1 atom stereocenters. The molecule has 2 amide bonds. The Balaban J connectivity index is 4.66. The highest BCUT2D eigenvalue weighted by Crippen LogP contribution is 2.11. The fourth-order valence-corrected chi connectivity index (χ4v) is 0.859. The molecule has 0 bridgehead atoms. The van der Waals surface area contributed by atoms with E-state index in [-0.39, 0.29) is 17.6 Å². The van der Waals surface area contributed by atoms with Gasteiger partial charge in [-0.05, 0) is 19.4 Å². The van der Waals surface area contributed by atoms with Gasteiger partial charge in [-0.1, -0.05) is 0 Å². The third-order valence-corrected chi connectivity index (χ3v) is 2.00. The largest absolute Gasteiger partial charge is 0.388 e. The summed E-state index contributed by atoms with van der Waals surface area (Å²) in [6, 6.07) is 0. The van der Waals surface area contributed by atoms with Crippen LogP contribution in [0.3, 0.4) is 0 Å². The van der Waals surface area contributed by atoms with Gasteiger partial charge < -0.3 is 10.8 Å². The van der Waals surface area contributed by atoms with Gasteiger partial charge in [0.05, 0.1) is 12.5 Å². The number of rotatable bonds is 4. The third kappa shape index (κ3) is 4.30. The number of carbonyl (C=O) groups is 2. The van der Waals surface area contributed by atoms with Gasteiger partial charge in [0.15, 0.2) is 0 Å². The van der Waals surface area contributed by atoms with Gasteiger partial charge in [-0.3, -0.25) is 9.59 Å². The van der Waals surface area contributed by atoms with E-state index in [1.807, 2.05) is 0 Å². The van der Waals surface area contributed by atoms with Crippen molar-refractivity contribution in [3.63, 3.8) is 0 Å². The lowest BCUT2D eigenvalue weighted by Crippen LogP contribution is -2.20. The number of nitrogens with two attached hydrogens (primary N) is 1. The molecular weight excluding hydrogens is 200 g/mol. The second kappa shape index (κ2) is 5.85. The minimum Gasteiger partial charge on any atom is -0.388 e. The lowest BCUT2D eigenvalue weighted by Gasteiger charge is -2.10. The normalized spacial score (nSPS) is 13.5. The standard InChI is InChI=1S/C9H12N2O4/c1-5(6(2)9(10)15)7(13)3-8(14)11-4-12/h7,13H,3H2,1-2H3,(H2,10,15)/b6-5+. The van der Waals surface area contributed by atoms with E-state index in [2.05, 4.69) is 4.99 Å². The van der Waals surface area contributed by atoms with Gasteiger partial charge in [-0.15, -0.1) is 4.99 Å². The summed E-state index contributed by atoms with van der Waals surface area (Å²) < 4.78 is 0. The molecule has 82 valence electrons. The maximum atomic E-state index is 10.8. The van der Waals surface area contributed by atoms with Gasteiger partial charge in [-0.25, -0.2) is 4.79 Å². The topological polar surface area (TPSA) is 110 Å². The van der Waals surface area contributed by atoms with Crippen LogP contribution in [0, 0.1) is 0 Å². The maximum absolute atomic E-state index is 10.8. The molecule has 15 heavy (non-hydrogen) atoms. The van der Waals surface area contributed by atoms with E-state index in [1.54, 1.807) is 0 Å². The first-order valence-electron chi connectivity index (χ1n) is 4.16. The zero-order chi connectivity index (χ0) is 12.0. The predicted molar refractivity (Wildman–Crippen MR) is 51.3 cm³/mol. The van der Waals surface area contributed by atoms with Crippen molar-refractivity contribution in [2.45, 2.75) is 26.4 Å². The Morgan fingerprint density at radius 2 is 2.00 bits per heavy atom. The number of isocyanates is 1. The summed E-state index contributed by atoms with van der Waals surface area (Å²) in [4.78, 5) is 34.1. The van der Waals surface area contributed by atoms with E-state index in [9.17, 15) is 19.5 Å². The number of aliphatic hydroxyl groups excluding tert-OH is 1. The summed E-state index contributed by atoms with van der Waals surface area (Å²) >= 11 is 0. The zero-order valence-corrected chi connectivity index (χ0v) is 8.48. The van der Waals surface area contributed by atoms with Crippen LogP contribution in [0.2, 0.25) is 0 Å². The van der Waals surface area contributed by atoms with E-state index < -0.39 is 17.9 Å². The molecule has 0 aromatic heterocycles. The summed E-state index contributed by atoms with van der Waals surface area (Å²) in [7, 11) is 0.